The van der Waals surface area contributed by atoms with Crippen LogP contribution in [0.1, 0.15) is 0 Å². The van der Waals surface area contributed by atoms with Gasteiger partial charge in [-0.25, -0.2) is 4.79 Å². The van der Waals surface area contributed by atoms with Gasteiger partial charge >= 0.3 is 6.03 Å². The van der Waals surface area contributed by atoms with Crippen LogP contribution in [0.3, 0.4) is 0 Å². The first kappa shape index (κ1) is 18.3. The first-order valence-corrected chi connectivity index (χ1v) is 9.32. The van der Waals surface area contributed by atoms with E-state index in [2.05, 4.69) is 10.6 Å². The lowest BCUT2D eigenvalue weighted by Gasteiger charge is -2.14. The van der Waals surface area contributed by atoms with Crippen LogP contribution < -0.4 is 10.6 Å². The zero-order chi connectivity index (χ0) is 20.1. The maximum atomic E-state index is 12.6. The van der Waals surface area contributed by atoms with Gasteiger partial charge < -0.3 is 15.7 Å². The molecule has 0 bridgehead atoms. The molecule has 29 heavy (non-hydrogen) atoms. The molecule has 142 valence electrons. The van der Waals surface area contributed by atoms with Crippen LogP contribution >= 0.6 is 0 Å². The van der Waals surface area contributed by atoms with Crippen molar-refractivity contribution in [2.45, 2.75) is 0 Å². The number of carbonyl (C=O) groups excluding carboxylic acids is 1. The number of phenols is 1. The summed E-state index contributed by atoms with van der Waals surface area (Å²) in [5.74, 6) is 0.0326. The molecule has 0 aliphatic heterocycles. The Balaban J connectivity index is 1.56. The number of phenolic OH excluding ortho intramolecular Hbond substituents is 1. The van der Waals surface area contributed by atoms with Crippen LogP contribution in [0.25, 0.3) is 22.3 Å². The fraction of sp³-hybridized carbons (Fsp3) is 0. The number of amides is 2. The predicted molar refractivity (Wildman–Crippen MR) is 118 cm³/mol. The zero-order valence-electron chi connectivity index (χ0n) is 15.7. The monoisotopic (exact) mass is 380 g/mol. The summed E-state index contributed by atoms with van der Waals surface area (Å²) in [5, 5.41) is 16.3. The highest BCUT2D eigenvalue weighted by molar-refractivity contribution is 6.03. The molecule has 4 nitrogen and oxygen atoms in total. The van der Waals surface area contributed by atoms with Gasteiger partial charge in [0, 0.05) is 11.1 Å². The lowest BCUT2D eigenvalue weighted by Crippen LogP contribution is -2.20. The third kappa shape index (κ3) is 4.12. The number of hydrogen-bond donors (Lipinski definition) is 3. The zero-order valence-corrected chi connectivity index (χ0v) is 15.7. The second kappa shape index (κ2) is 8.31. The minimum Gasteiger partial charge on any atom is -0.505 e. The molecule has 0 atom stereocenters. The van der Waals surface area contributed by atoms with Gasteiger partial charge in [-0.1, -0.05) is 91.0 Å². The summed E-state index contributed by atoms with van der Waals surface area (Å²) >= 11 is 0. The molecule has 3 N–H and O–H groups in total. The molecule has 0 radical (unpaired) electrons. The minimum absolute atomic E-state index is 0.0326. The fourth-order valence-electron chi connectivity index (χ4n) is 3.23. The minimum atomic E-state index is -0.422. The average Bonchev–Trinajstić information content (AvgIpc) is 2.77. The van der Waals surface area contributed by atoms with Crippen LogP contribution in [0.5, 0.6) is 5.75 Å². The standard InChI is InChI=1S/C25H20N2O2/c28-24-21(19-12-5-2-6-13-19)15-9-17-23(24)27-25(29)26-22-16-8-7-14-20(22)18-10-3-1-4-11-18/h1-17,28H,(H2,26,27,29). The smallest absolute Gasteiger partial charge is 0.323 e. The number of urea groups is 1. The summed E-state index contributed by atoms with van der Waals surface area (Å²) in [7, 11) is 0. The van der Waals surface area contributed by atoms with Gasteiger partial charge in [-0.05, 0) is 23.3 Å². The van der Waals surface area contributed by atoms with Gasteiger partial charge in [0.2, 0.25) is 0 Å². The average molecular weight is 380 g/mol. The van der Waals surface area contributed by atoms with Gasteiger partial charge in [-0.3, -0.25) is 0 Å². The highest BCUT2D eigenvalue weighted by Gasteiger charge is 2.13. The molecule has 0 unspecified atom stereocenters. The van der Waals surface area contributed by atoms with Gasteiger partial charge in [0.05, 0.1) is 11.4 Å². The Labute approximate surface area is 169 Å². The van der Waals surface area contributed by atoms with E-state index in [-0.39, 0.29) is 5.75 Å². The number of hydrogen-bond acceptors (Lipinski definition) is 2. The van der Waals surface area contributed by atoms with Crippen LogP contribution in [0.15, 0.2) is 103 Å². The van der Waals surface area contributed by atoms with Crippen molar-refractivity contribution < 1.29 is 9.90 Å². The summed E-state index contributed by atoms with van der Waals surface area (Å²) in [4.78, 5) is 12.6. The fourth-order valence-corrected chi connectivity index (χ4v) is 3.23. The van der Waals surface area contributed by atoms with Crippen molar-refractivity contribution in [1.29, 1.82) is 0 Å². The normalized spacial score (nSPS) is 10.3. The van der Waals surface area contributed by atoms with Crippen molar-refractivity contribution in [3.8, 4) is 28.0 Å². The van der Waals surface area contributed by atoms with Gasteiger partial charge in [0.1, 0.15) is 5.75 Å². The second-order valence-electron chi connectivity index (χ2n) is 6.56. The van der Waals surface area contributed by atoms with E-state index in [1.807, 2.05) is 91.0 Å². The van der Waals surface area contributed by atoms with Gasteiger partial charge in [-0.15, -0.1) is 0 Å². The highest BCUT2D eigenvalue weighted by Crippen LogP contribution is 2.35. The van der Waals surface area contributed by atoms with Crippen LogP contribution in [-0.4, -0.2) is 11.1 Å². The highest BCUT2D eigenvalue weighted by atomic mass is 16.3. The number of rotatable bonds is 4. The van der Waals surface area contributed by atoms with Crippen molar-refractivity contribution in [3.63, 3.8) is 0 Å². The van der Waals surface area contributed by atoms with Crippen molar-refractivity contribution in [1.82, 2.24) is 0 Å². The Morgan fingerprint density at radius 1 is 0.552 bits per heavy atom. The summed E-state index contributed by atoms with van der Waals surface area (Å²) < 4.78 is 0. The van der Waals surface area contributed by atoms with Crippen molar-refractivity contribution in [2.75, 3.05) is 10.6 Å². The molecule has 0 heterocycles. The maximum absolute atomic E-state index is 12.6. The van der Waals surface area contributed by atoms with E-state index in [9.17, 15) is 9.90 Å². The molecule has 4 heteroatoms. The number of anilines is 2. The van der Waals surface area contributed by atoms with Gasteiger partial charge in [-0.2, -0.15) is 0 Å². The Kier molecular flexibility index (Phi) is 5.25. The van der Waals surface area contributed by atoms with E-state index in [0.29, 0.717) is 16.9 Å². The van der Waals surface area contributed by atoms with Crippen LogP contribution in [-0.2, 0) is 0 Å². The number of benzene rings is 4. The molecule has 0 saturated carbocycles. The molecule has 0 aliphatic rings. The number of aromatic hydroxyl groups is 1. The lowest BCUT2D eigenvalue weighted by atomic mass is 10.0. The largest absolute Gasteiger partial charge is 0.505 e. The first-order chi connectivity index (χ1) is 14.2. The number of carbonyl (C=O) groups is 1. The van der Waals surface area contributed by atoms with Crippen LogP contribution in [0, 0.1) is 0 Å². The number of nitrogens with one attached hydrogen (secondary N) is 2. The van der Waals surface area contributed by atoms with E-state index >= 15 is 0 Å². The van der Waals surface area contributed by atoms with Crippen molar-refractivity contribution >= 4 is 17.4 Å². The van der Waals surface area contributed by atoms with E-state index in [0.717, 1.165) is 16.7 Å². The van der Waals surface area contributed by atoms with E-state index in [1.54, 1.807) is 12.1 Å². The topological polar surface area (TPSA) is 61.4 Å². The Hall–Kier alpha value is -4.05. The molecule has 0 spiro atoms. The third-order valence-electron chi connectivity index (χ3n) is 4.63. The summed E-state index contributed by atoms with van der Waals surface area (Å²) in [5.41, 5.74) is 4.51. The molecule has 4 aromatic rings. The summed E-state index contributed by atoms with van der Waals surface area (Å²) in [6.45, 7) is 0. The first-order valence-electron chi connectivity index (χ1n) is 9.32. The van der Waals surface area contributed by atoms with Crippen molar-refractivity contribution in [3.05, 3.63) is 103 Å². The Morgan fingerprint density at radius 2 is 1.03 bits per heavy atom. The molecule has 0 fully saturated rings. The number of para-hydroxylation sites is 2. The molecular formula is C25H20N2O2. The van der Waals surface area contributed by atoms with Crippen molar-refractivity contribution in [2.24, 2.45) is 0 Å². The second-order valence-corrected chi connectivity index (χ2v) is 6.56. The molecule has 4 aromatic carbocycles. The Morgan fingerprint density at radius 3 is 1.72 bits per heavy atom. The molecule has 0 saturated heterocycles. The molecular weight excluding hydrogens is 360 g/mol. The van der Waals surface area contributed by atoms with E-state index in [1.165, 1.54) is 0 Å². The third-order valence-corrected chi connectivity index (χ3v) is 4.63. The molecule has 0 aromatic heterocycles. The summed E-state index contributed by atoms with van der Waals surface area (Å²) in [6, 6.07) is 31.9. The van der Waals surface area contributed by atoms with Gasteiger partial charge in [0.15, 0.2) is 0 Å². The van der Waals surface area contributed by atoms with E-state index < -0.39 is 6.03 Å². The quantitative estimate of drug-likeness (QED) is 0.360. The SMILES string of the molecule is O=C(Nc1ccccc1-c1ccccc1)Nc1cccc(-c2ccccc2)c1O. The Bertz CT molecular complexity index is 1130. The summed E-state index contributed by atoms with van der Waals surface area (Å²) in [6.07, 6.45) is 0. The molecule has 4 rings (SSSR count). The molecule has 2 amide bonds. The van der Waals surface area contributed by atoms with Crippen LogP contribution in [0.4, 0.5) is 16.2 Å². The molecule has 0 aliphatic carbocycles. The maximum Gasteiger partial charge on any atom is 0.323 e. The van der Waals surface area contributed by atoms with Crippen LogP contribution in [0.2, 0.25) is 0 Å². The predicted octanol–water partition coefficient (Wildman–Crippen LogP) is 6.37. The van der Waals surface area contributed by atoms with Gasteiger partial charge in [0.25, 0.3) is 0 Å². The lowest BCUT2D eigenvalue weighted by molar-refractivity contribution is 0.262. The van der Waals surface area contributed by atoms with E-state index in [4.69, 9.17) is 0 Å².